The Labute approximate surface area is 116 Å². The largest absolute Gasteiger partial charge is 0.414 e. The number of thioether (sulfide) groups is 1. The summed E-state index contributed by atoms with van der Waals surface area (Å²) in [7, 11) is 0. The molecule has 2 heterocycles. The molecule has 0 atom stereocenters. The molecule has 0 amide bonds. The zero-order valence-electron chi connectivity index (χ0n) is 10.7. The van der Waals surface area contributed by atoms with Gasteiger partial charge in [0.05, 0.1) is 0 Å². The molecule has 0 radical (unpaired) electrons. The molecule has 3 rings (SSSR count). The maximum absolute atomic E-state index is 5.60. The predicted octanol–water partition coefficient (Wildman–Crippen LogP) is 2.38. The van der Waals surface area contributed by atoms with Crippen molar-refractivity contribution in [2.75, 3.05) is 5.75 Å². The van der Waals surface area contributed by atoms with Crippen LogP contribution in [0.3, 0.4) is 0 Å². The highest BCUT2D eigenvalue weighted by Gasteiger charge is 2.15. The molecule has 0 aromatic carbocycles. The molecular weight excluding hydrogens is 262 g/mol. The minimum absolute atomic E-state index is 0.483. The van der Waals surface area contributed by atoms with Gasteiger partial charge in [-0.3, -0.25) is 0 Å². The molecule has 0 bridgehead atoms. The fourth-order valence-electron chi connectivity index (χ4n) is 2.36. The van der Waals surface area contributed by atoms with E-state index in [4.69, 9.17) is 4.42 Å². The number of nitrogens with zero attached hydrogens (tertiary/aromatic N) is 5. The highest BCUT2D eigenvalue weighted by Crippen LogP contribution is 2.29. The van der Waals surface area contributed by atoms with Crippen LogP contribution < -0.4 is 0 Å². The molecule has 7 heteroatoms. The molecule has 0 saturated heterocycles. The van der Waals surface area contributed by atoms with Crippen LogP contribution in [0.5, 0.6) is 0 Å². The van der Waals surface area contributed by atoms with Crippen LogP contribution >= 0.6 is 11.8 Å². The van der Waals surface area contributed by atoms with Gasteiger partial charge in [0.2, 0.25) is 5.89 Å². The summed E-state index contributed by atoms with van der Waals surface area (Å²) in [5.41, 5.74) is 0. The number of hydrogen-bond donors (Lipinski definition) is 0. The Balaban J connectivity index is 1.50. The third kappa shape index (κ3) is 3.56. The summed E-state index contributed by atoms with van der Waals surface area (Å²) in [5, 5.41) is 12.8. The second kappa shape index (κ2) is 6.18. The second-order valence-corrected chi connectivity index (χ2v) is 5.84. The van der Waals surface area contributed by atoms with Gasteiger partial charge in [0, 0.05) is 5.75 Å². The van der Waals surface area contributed by atoms with Crippen molar-refractivity contribution in [3.05, 3.63) is 18.5 Å². The van der Waals surface area contributed by atoms with Crippen LogP contribution in [0.2, 0.25) is 0 Å². The van der Waals surface area contributed by atoms with Gasteiger partial charge in [0.15, 0.2) is 0 Å². The van der Waals surface area contributed by atoms with E-state index in [1.165, 1.54) is 38.4 Å². The van der Waals surface area contributed by atoms with Crippen molar-refractivity contribution >= 4 is 11.8 Å². The molecule has 0 N–H and O–H groups in total. The van der Waals surface area contributed by atoms with Gasteiger partial charge in [-0.1, -0.05) is 31.0 Å². The lowest BCUT2D eigenvalue weighted by Crippen LogP contribution is -2.08. The highest BCUT2D eigenvalue weighted by atomic mass is 32.2. The maximum atomic E-state index is 5.60. The molecule has 0 unspecified atom stereocenters. The predicted molar refractivity (Wildman–Crippen MR) is 70.7 cm³/mol. The number of rotatable bonds is 5. The second-order valence-electron chi connectivity index (χ2n) is 4.87. The molecular formula is C12H17N5OS. The summed E-state index contributed by atoms with van der Waals surface area (Å²) in [6.45, 7) is 0.483. The quantitative estimate of drug-likeness (QED) is 0.783. The Hall–Kier alpha value is -1.37. The van der Waals surface area contributed by atoms with Crippen molar-refractivity contribution in [2.45, 2.75) is 43.9 Å². The van der Waals surface area contributed by atoms with Gasteiger partial charge >= 0.3 is 0 Å². The lowest BCUT2D eigenvalue weighted by molar-refractivity contribution is 0.383. The first-order chi connectivity index (χ1) is 9.40. The molecule has 6 nitrogen and oxygen atoms in total. The van der Waals surface area contributed by atoms with Gasteiger partial charge in [-0.25, -0.2) is 9.67 Å². The van der Waals surface area contributed by atoms with Crippen molar-refractivity contribution in [1.82, 2.24) is 25.0 Å². The van der Waals surface area contributed by atoms with E-state index in [-0.39, 0.29) is 0 Å². The smallest absolute Gasteiger partial charge is 0.276 e. The Morgan fingerprint density at radius 2 is 2.16 bits per heavy atom. The summed E-state index contributed by atoms with van der Waals surface area (Å²) in [6.07, 6.45) is 9.94. The van der Waals surface area contributed by atoms with Crippen molar-refractivity contribution in [3.63, 3.8) is 0 Å². The van der Waals surface area contributed by atoms with Crippen LogP contribution in [0, 0.1) is 5.92 Å². The Bertz CT molecular complexity index is 492. The van der Waals surface area contributed by atoms with Gasteiger partial charge in [-0.15, -0.1) is 10.2 Å². The minimum atomic E-state index is 0.483. The van der Waals surface area contributed by atoms with Crippen molar-refractivity contribution in [3.8, 4) is 0 Å². The zero-order chi connectivity index (χ0) is 12.9. The van der Waals surface area contributed by atoms with Gasteiger partial charge < -0.3 is 4.42 Å². The highest BCUT2D eigenvalue weighted by molar-refractivity contribution is 7.99. The molecule has 1 aliphatic rings. The number of aromatic nitrogens is 5. The van der Waals surface area contributed by atoms with E-state index in [0.29, 0.717) is 17.7 Å². The van der Waals surface area contributed by atoms with Gasteiger partial charge in [-0.05, 0) is 18.8 Å². The van der Waals surface area contributed by atoms with Gasteiger partial charge in [-0.2, -0.15) is 5.10 Å². The lowest BCUT2D eigenvalue weighted by atomic mass is 9.91. The van der Waals surface area contributed by atoms with E-state index < -0.39 is 0 Å². The van der Waals surface area contributed by atoms with Crippen molar-refractivity contribution < 1.29 is 4.42 Å². The summed E-state index contributed by atoms with van der Waals surface area (Å²) >= 11 is 1.67. The Morgan fingerprint density at radius 3 is 2.95 bits per heavy atom. The van der Waals surface area contributed by atoms with Crippen LogP contribution in [-0.2, 0) is 6.54 Å². The van der Waals surface area contributed by atoms with Gasteiger partial charge in [0.25, 0.3) is 5.22 Å². The van der Waals surface area contributed by atoms with E-state index in [0.717, 1.165) is 11.7 Å². The third-order valence-electron chi connectivity index (χ3n) is 3.38. The van der Waals surface area contributed by atoms with Crippen molar-refractivity contribution in [2.24, 2.45) is 5.92 Å². The van der Waals surface area contributed by atoms with Crippen LogP contribution in [-0.4, -0.2) is 30.7 Å². The molecule has 1 fully saturated rings. The average Bonchev–Trinajstić information content (AvgIpc) is 3.10. The van der Waals surface area contributed by atoms with Gasteiger partial charge in [0.1, 0.15) is 19.2 Å². The minimum Gasteiger partial charge on any atom is -0.414 e. The Morgan fingerprint density at radius 1 is 1.26 bits per heavy atom. The maximum Gasteiger partial charge on any atom is 0.276 e. The fourth-order valence-corrected chi connectivity index (χ4v) is 3.32. The standard InChI is InChI=1S/C12H17N5OS/c1-2-4-10(5-3-1)7-19-12-16-15-11(18-12)6-17-9-13-8-14-17/h8-10H,1-7H2. The molecule has 0 spiro atoms. The summed E-state index contributed by atoms with van der Waals surface area (Å²) in [5.74, 6) is 2.48. The first-order valence-corrected chi connectivity index (χ1v) is 7.66. The lowest BCUT2D eigenvalue weighted by Gasteiger charge is -2.19. The molecule has 2 aromatic heterocycles. The monoisotopic (exact) mass is 279 g/mol. The van der Waals surface area contributed by atoms with Crippen LogP contribution in [0.4, 0.5) is 0 Å². The average molecular weight is 279 g/mol. The normalized spacial score (nSPS) is 16.8. The molecule has 102 valence electrons. The van der Waals surface area contributed by atoms with E-state index >= 15 is 0 Å². The zero-order valence-corrected chi connectivity index (χ0v) is 11.6. The number of hydrogen-bond acceptors (Lipinski definition) is 6. The van der Waals surface area contributed by atoms with Crippen LogP contribution in [0.1, 0.15) is 38.0 Å². The summed E-state index contributed by atoms with van der Waals surface area (Å²) in [4.78, 5) is 3.88. The molecule has 2 aromatic rings. The first-order valence-electron chi connectivity index (χ1n) is 6.68. The molecule has 19 heavy (non-hydrogen) atoms. The third-order valence-corrected chi connectivity index (χ3v) is 4.43. The molecule has 0 aliphatic heterocycles. The van der Waals surface area contributed by atoms with Crippen LogP contribution in [0.15, 0.2) is 22.3 Å². The fraction of sp³-hybridized carbons (Fsp3) is 0.667. The van der Waals surface area contributed by atoms with E-state index in [1.54, 1.807) is 22.8 Å². The Kier molecular flexibility index (Phi) is 4.12. The molecule has 1 aliphatic carbocycles. The topological polar surface area (TPSA) is 69.6 Å². The summed E-state index contributed by atoms with van der Waals surface area (Å²) < 4.78 is 7.27. The van der Waals surface area contributed by atoms with E-state index in [9.17, 15) is 0 Å². The SMILES string of the molecule is c1ncn(Cc2nnc(SCC3CCCCC3)o2)n1. The van der Waals surface area contributed by atoms with Crippen LogP contribution in [0.25, 0.3) is 0 Å². The van der Waals surface area contributed by atoms with E-state index in [1.807, 2.05) is 0 Å². The molecule has 1 saturated carbocycles. The summed E-state index contributed by atoms with van der Waals surface area (Å²) in [6, 6.07) is 0. The first kappa shape index (κ1) is 12.7. The van der Waals surface area contributed by atoms with Crippen molar-refractivity contribution in [1.29, 1.82) is 0 Å². The van der Waals surface area contributed by atoms with E-state index in [2.05, 4.69) is 20.3 Å².